The maximum atomic E-state index is 12.8. The van der Waals surface area contributed by atoms with Crippen molar-refractivity contribution in [2.45, 2.75) is 6.18 Å². The van der Waals surface area contributed by atoms with Crippen LogP contribution in [0.15, 0.2) is 66.7 Å². The van der Waals surface area contributed by atoms with Crippen molar-refractivity contribution in [3.8, 4) is 17.3 Å². The van der Waals surface area contributed by atoms with Gasteiger partial charge in [-0.15, -0.1) is 15.3 Å². The molecule has 4 rings (SSSR count). The number of carbonyl (C=O) groups excluding carboxylic acids is 1. The third-order valence-electron chi connectivity index (χ3n) is 4.36. The summed E-state index contributed by atoms with van der Waals surface area (Å²) in [6.07, 6.45) is -4.48. The first-order valence-electron chi connectivity index (χ1n) is 9.53. The molecule has 4 aromatic rings. The Morgan fingerprint density at radius 2 is 1.81 bits per heavy atom. The molecule has 164 valence electrons. The van der Waals surface area contributed by atoms with E-state index in [4.69, 9.17) is 4.74 Å². The van der Waals surface area contributed by atoms with E-state index in [-0.39, 0.29) is 18.8 Å². The summed E-state index contributed by atoms with van der Waals surface area (Å²) in [5, 5.41) is 17.5. The molecule has 0 unspecified atom stereocenters. The van der Waals surface area contributed by atoms with Crippen LogP contribution in [-0.4, -0.2) is 39.0 Å². The molecule has 2 aromatic carbocycles. The number of alkyl halides is 3. The molecular formula is C21H17F3N6O2. The van der Waals surface area contributed by atoms with Crippen molar-refractivity contribution in [2.24, 2.45) is 0 Å². The summed E-state index contributed by atoms with van der Waals surface area (Å²) in [6, 6.07) is 16.5. The fourth-order valence-electron chi connectivity index (χ4n) is 2.89. The molecule has 2 amide bonds. The minimum atomic E-state index is -4.48. The minimum Gasteiger partial charge on any atom is -0.475 e. The Hall–Kier alpha value is -4.15. The van der Waals surface area contributed by atoms with Crippen LogP contribution in [0, 0.1) is 0 Å². The van der Waals surface area contributed by atoms with Crippen molar-refractivity contribution in [1.82, 2.24) is 25.1 Å². The number of anilines is 1. The van der Waals surface area contributed by atoms with Crippen LogP contribution < -0.4 is 15.4 Å². The molecular weight excluding hydrogens is 425 g/mol. The summed E-state index contributed by atoms with van der Waals surface area (Å²) < 4.78 is 45.4. The standard InChI is InChI=1S/C21H17F3N6O2/c22-21(23,24)15-7-4-8-16(13-15)26-20(31)25-11-12-32-18-10-9-17-27-28-19(30(17)29-18)14-5-2-1-3-6-14/h1-10,13H,11-12H2,(H2,25,26,31). The lowest BCUT2D eigenvalue weighted by Gasteiger charge is -2.11. The van der Waals surface area contributed by atoms with Crippen LogP contribution in [-0.2, 0) is 6.18 Å². The normalized spacial score (nSPS) is 11.3. The fraction of sp³-hybridized carbons (Fsp3) is 0.143. The van der Waals surface area contributed by atoms with Gasteiger partial charge in [0.05, 0.1) is 12.1 Å². The molecule has 0 atom stereocenters. The predicted molar refractivity (Wildman–Crippen MR) is 110 cm³/mol. The second-order valence-corrected chi connectivity index (χ2v) is 6.64. The molecule has 0 spiro atoms. The van der Waals surface area contributed by atoms with Gasteiger partial charge in [0.15, 0.2) is 11.5 Å². The third-order valence-corrected chi connectivity index (χ3v) is 4.36. The molecule has 2 aromatic heterocycles. The first kappa shape index (κ1) is 21.1. The maximum absolute atomic E-state index is 12.8. The van der Waals surface area contributed by atoms with E-state index in [1.807, 2.05) is 30.3 Å². The topological polar surface area (TPSA) is 93.4 Å². The van der Waals surface area contributed by atoms with E-state index in [1.165, 1.54) is 12.1 Å². The molecule has 2 N–H and O–H groups in total. The van der Waals surface area contributed by atoms with Crippen LogP contribution in [0.25, 0.3) is 17.0 Å². The smallest absolute Gasteiger partial charge is 0.416 e. The Kier molecular flexibility index (Phi) is 5.88. The highest BCUT2D eigenvalue weighted by Gasteiger charge is 2.30. The Morgan fingerprint density at radius 1 is 1.00 bits per heavy atom. The quantitative estimate of drug-likeness (QED) is 0.440. The van der Waals surface area contributed by atoms with Crippen molar-refractivity contribution in [3.63, 3.8) is 0 Å². The average Bonchev–Trinajstić information content (AvgIpc) is 3.20. The summed E-state index contributed by atoms with van der Waals surface area (Å²) >= 11 is 0. The van der Waals surface area contributed by atoms with Crippen LogP contribution in [0.1, 0.15) is 5.56 Å². The lowest BCUT2D eigenvalue weighted by Crippen LogP contribution is -2.32. The molecule has 0 radical (unpaired) electrons. The van der Waals surface area contributed by atoms with Gasteiger partial charge in [-0.1, -0.05) is 36.4 Å². The van der Waals surface area contributed by atoms with E-state index in [1.54, 1.807) is 16.6 Å². The summed E-state index contributed by atoms with van der Waals surface area (Å²) in [7, 11) is 0. The van der Waals surface area contributed by atoms with Gasteiger partial charge in [0, 0.05) is 17.3 Å². The number of benzene rings is 2. The lowest BCUT2D eigenvalue weighted by molar-refractivity contribution is -0.137. The van der Waals surface area contributed by atoms with Gasteiger partial charge in [0.2, 0.25) is 5.88 Å². The van der Waals surface area contributed by atoms with E-state index in [2.05, 4.69) is 25.9 Å². The highest BCUT2D eigenvalue weighted by molar-refractivity contribution is 5.89. The Bertz CT molecular complexity index is 1230. The number of halogens is 3. The number of carbonyl (C=O) groups is 1. The fourth-order valence-corrected chi connectivity index (χ4v) is 2.89. The molecule has 0 bridgehead atoms. The van der Waals surface area contributed by atoms with E-state index >= 15 is 0 Å². The van der Waals surface area contributed by atoms with Gasteiger partial charge in [-0.05, 0) is 24.3 Å². The minimum absolute atomic E-state index is 0.0337. The van der Waals surface area contributed by atoms with E-state index in [0.717, 1.165) is 17.7 Å². The molecule has 8 nitrogen and oxygen atoms in total. The summed E-state index contributed by atoms with van der Waals surface area (Å²) in [4.78, 5) is 11.9. The van der Waals surface area contributed by atoms with Crippen molar-refractivity contribution in [2.75, 3.05) is 18.5 Å². The zero-order chi connectivity index (χ0) is 22.6. The second-order valence-electron chi connectivity index (χ2n) is 6.64. The van der Waals surface area contributed by atoms with Crippen molar-refractivity contribution >= 4 is 17.4 Å². The largest absolute Gasteiger partial charge is 0.475 e. The molecule has 0 saturated heterocycles. The van der Waals surface area contributed by atoms with Crippen LogP contribution in [0.3, 0.4) is 0 Å². The van der Waals surface area contributed by atoms with Crippen LogP contribution in [0.2, 0.25) is 0 Å². The predicted octanol–water partition coefficient (Wildman–Crippen LogP) is 4.01. The second kappa shape index (κ2) is 8.92. The van der Waals surface area contributed by atoms with Crippen molar-refractivity contribution in [1.29, 1.82) is 0 Å². The first-order chi connectivity index (χ1) is 15.4. The molecule has 0 aliphatic heterocycles. The number of rotatable bonds is 6. The number of hydrogen-bond donors (Lipinski definition) is 2. The van der Waals surface area contributed by atoms with Crippen LogP contribution in [0.4, 0.5) is 23.7 Å². The zero-order valence-corrected chi connectivity index (χ0v) is 16.5. The average molecular weight is 442 g/mol. The number of nitrogens with one attached hydrogen (secondary N) is 2. The number of ether oxygens (including phenoxy) is 1. The van der Waals surface area contributed by atoms with E-state index in [9.17, 15) is 18.0 Å². The summed E-state index contributed by atoms with van der Waals surface area (Å²) in [6.45, 7) is 0.204. The SMILES string of the molecule is O=C(NCCOc1ccc2nnc(-c3ccccc3)n2n1)Nc1cccc(C(F)(F)F)c1. The number of fused-ring (bicyclic) bond motifs is 1. The van der Waals surface area contributed by atoms with Crippen LogP contribution >= 0.6 is 0 Å². The molecule has 11 heteroatoms. The number of amides is 2. The van der Waals surface area contributed by atoms with Gasteiger partial charge in [-0.2, -0.15) is 17.7 Å². The maximum Gasteiger partial charge on any atom is 0.416 e. The van der Waals surface area contributed by atoms with E-state index < -0.39 is 17.8 Å². The Balaban J connectivity index is 1.31. The number of nitrogens with zero attached hydrogens (tertiary/aromatic N) is 4. The molecule has 0 aliphatic rings. The summed E-state index contributed by atoms with van der Waals surface area (Å²) in [5.41, 5.74) is 0.586. The number of urea groups is 1. The van der Waals surface area contributed by atoms with Gasteiger partial charge >= 0.3 is 12.2 Å². The Morgan fingerprint density at radius 3 is 2.59 bits per heavy atom. The van der Waals surface area contributed by atoms with Gasteiger partial charge < -0.3 is 15.4 Å². The van der Waals surface area contributed by atoms with Gasteiger partial charge in [0.1, 0.15) is 6.61 Å². The molecule has 2 heterocycles. The highest BCUT2D eigenvalue weighted by atomic mass is 19.4. The van der Waals surface area contributed by atoms with Gasteiger partial charge in [0.25, 0.3) is 0 Å². The van der Waals surface area contributed by atoms with Crippen LogP contribution in [0.5, 0.6) is 5.88 Å². The molecule has 32 heavy (non-hydrogen) atoms. The molecule has 0 aliphatic carbocycles. The zero-order valence-electron chi connectivity index (χ0n) is 16.5. The van der Waals surface area contributed by atoms with Gasteiger partial charge in [-0.25, -0.2) is 4.79 Å². The monoisotopic (exact) mass is 442 g/mol. The molecule has 0 fully saturated rings. The van der Waals surface area contributed by atoms with E-state index in [0.29, 0.717) is 17.4 Å². The van der Waals surface area contributed by atoms with Crippen molar-refractivity contribution in [3.05, 3.63) is 72.3 Å². The number of hydrogen-bond acceptors (Lipinski definition) is 5. The highest BCUT2D eigenvalue weighted by Crippen LogP contribution is 2.30. The Labute approximate surface area is 180 Å². The molecule has 0 saturated carbocycles. The van der Waals surface area contributed by atoms with Gasteiger partial charge in [-0.3, -0.25) is 0 Å². The summed E-state index contributed by atoms with van der Waals surface area (Å²) in [5.74, 6) is 0.860. The third kappa shape index (κ3) is 4.94. The van der Waals surface area contributed by atoms with Crippen molar-refractivity contribution < 1.29 is 22.7 Å². The number of aromatic nitrogens is 4. The first-order valence-corrected chi connectivity index (χ1v) is 9.53. The lowest BCUT2D eigenvalue weighted by atomic mass is 10.2.